The molecule has 0 aromatic carbocycles. The van der Waals surface area contributed by atoms with E-state index in [4.69, 9.17) is 0 Å². The predicted molar refractivity (Wildman–Crippen MR) is 70.9 cm³/mol. The molecule has 9 heteroatoms. The van der Waals surface area contributed by atoms with Gasteiger partial charge < -0.3 is 10.6 Å². The van der Waals surface area contributed by atoms with Crippen LogP contribution >= 0.6 is 11.3 Å². The summed E-state index contributed by atoms with van der Waals surface area (Å²) in [6.07, 6.45) is 2.58. The summed E-state index contributed by atoms with van der Waals surface area (Å²) in [6.45, 7) is 3.15. The molecule has 2 aromatic rings. The summed E-state index contributed by atoms with van der Waals surface area (Å²) in [5, 5.41) is 18.6. The Morgan fingerprint density at radius 1 is 1.47 bits per heavy atom. The van der Waals surface area contributed by atoms with Crippen molar-refractivity contribution in [3.63, 3.8) is 0 Å². The lowest BCUT2D eigenvalue weighted by atomic mass is 10.5. The van der Waals surface area contributed by atoms with Crippen LogP contribution in [0.5, 0.6) is 0 Å². The lowest BCUT2D eigenvalue weighted by molar-refractivity contribution is 0.0948. The van der Waals surface area contributed by atoms with Crippen molar-refractivity contribution in [3.05, 3.63) is 17.2 Å². The Morgan fingerprint density at radius 2 is 2.32 bits per heavy atom. The van der Waals surface area contributed by atoms with E-state index in [0.29, 0.717) is 16.0 Å². The first-order valence-electron chi connectivity index (χ1n) is 5.89. The highest BCUT2D eigenvalue weighted by molar-refractivity contribution is 7.17. The standard InChI is InChI=1S/C10H15N7OS/c1-3-4-11-10-15-14-9(19-10)8(18)12-5-7-13-6-17(2)16-7/h6H,3-5H2,1-2H3,(H,11,15)(H,12,18). The van der Waals surface area contributed by atoms with Crippen molar-refractivity contribution in [1.82, 2.24) is 30.3 Å². The third kappa shape index (κ3) is 3.71. The fraction of sp³-hybridized carbons (Fsp3) is 0.500. The van der Waals surface area contributed by atoms with Crippen LogP contribution < -0.4 is 10.6 Å². The Balaban J connectivity index is 1.87. The van der Waals surface area contributed by atoms with Gasteiger partial charge in [-0.2, -0.15) is 5.10 Å². The molecule has 0 saturated carbocycles. The van der Waals surface area contributed by atoms with Gasteiger partial charge in [0, 0.05) is 13.6 Å². The number of amides is 1. The Labute approximate surface area is 114 Å². The van der Waals surface area contributed by atoms with Crippen molar-refractivity contribution in [2.75, 3.05) is 11.9 Å². The SMILES string of the molecule is CCCNc1nnc(C(=O)NCc2ncn(C)n2)s1. The minimum atomic E-state index is -0.269. The highest BCUT2D eigenvalue weighted by Crippen LogP contribution is 2.14. The molecule has 0 spiro atoms. The van der Waals surface area contributed by atoms with Crippen molar-refractivity contribution in [2.24, 2.45) is 7.05 Å². The van der Waals surface area contributed by atoms with E-state index < -0.39 is 0 Å². The highest BCUT2D eigenvalue weighted by Gasteiger charge is 2.12. The first kappa shape index (κ1) is 13.4. The number of aromatic nitrogens is 5. The number of anilines is 1. The summed E-state index contributed by atoms with van der Waals surface area (Å²) >= 11 is 1.23. The van der Waals surface area contributed by atoms with Crippen LogP contribution in [-0.4, -0.2) is 37.4 Å². The number of carbonyl (C=O) groups is 1. The maximum Gasteiger partial charge on any atom is 0.282 e. The smallest absolute Gasteiger partial charge is 0.282 e. The third-order valence-electron chi connectivity index (χ3n) is 2.20. The van der Waals surface area contributed by atoms with Crippen LogP contribution in [0.1, 0.15) is 29.0 Å². The summed E-state index contributed by atoms with van der Waals surface area (Å²) in [7, 11) is 1.77. The molecule has 2 heterocycles. The fourth-order valence-corrected chi connectivity index (χ4v) is 2.00. The molecule has 0 bridgehead atoms. The molecule has 0 radical (unpaired) electrons. The molecule has 0 aliphatic rings. The van der Waals surface area contributed by atoms with E-state index in [2.05, 4.69) is 37.8 Å². The van der Waals surface area contributed by atoms with Crippen molar-refractivity contribution in [3.8, 4) is 0 Å². The van der Waals surface area contributed by atoms with Crippen LogP contribution in [0.2, 0.25) is 0 Å². The average molecular weight is 281 g/mol. The zero-order valence-electron chi connectivity index (χ0n) is 10.8. The summed E-state index contributed by atoms with van der Waals surface area (Å²) in [6, 6.07) is 0. The van der Waals surface area contributed by atoms with E-state index >= 15 is 0 Å². The minimum Gasteiger partial charge on any atom is -0.360 e. The molecule has 2 aromatic heterocycles. The summed E-state index contributed by atoms with van der Waals surface area (Å²) in [5.74, 6) is 0.291. The molecule has 19 heavy (non-hydrogen) atoms. The highest BCUT2D eigenvalue weighted by atomic mass is 32.1. The predicted octanol–water partition coefficient (Wildman–Crippen LogP) is 0.418. The van der Waals surface area contributed by atoms with Gasteiger partial charge in [-0.25, -0.2) is 4.98 Å². The van der Waals surface area contributed by atoms with E-state index in [0.717, 1.165) is 13.0 Å². The number of aryl methyl sites for hydroxylation is 1. The van der Waals surface area contributed by atoms with Crippen LogP contribution in [-0.2, 0) is 13.6 Å². The van der Waals surface area contributed by atoms with Gasteiger partial charge in [-0.1, -0.05) is 18.3 Å². The molecule has 0 aliphatic carbocycles. The lowest BCUT2D eigenvalue weighted by Crippen LogP contribution is -2.23. The molecular formula is C10H15N7OS. The van der Waals surface area contributed by atoms with Gasteiger partial charge in [-0.05, 0) is 6.42 Å². The zero-order chi connectivity index (χ0) is 13.7. The Bertz CT molecular complexity index is 550. The minimum absolute atomic E-state index is 0.269. The molecule has 2 N–H and O–H groups in total. The Morgan fingerprint density at radius 3 is 3.00 bits per heavy atom. The molecule has 0 unspecified atom stereocenters. The number of rotatable bonds is 6. The molecular weight excluding hydrogens is 266 g/mol. The van der Waals surface area contributed by atoms with Crippen molar-refractivity contribution in [2.45, 2.75) is 19.9 Å². The summed E-state index contributed by atoms with van der Waals surface area (Å²) in [5.41, 5.74) is 0. The van der Waals surface area contributed by atoms with Gasteiger partial charge >= 0.3 is 0 Å². The van der Waals surface area contributed by atoms with Gasteiger partial charge in [0.25, 0.3) is 5.91 Å². The van der Waals surface area contributed by atoms with Gasteiger partial charge in [0.1, 0.15) is 6.33 Å². The quantitative estimate of drug-likeness (QED) is 0.796. The van der Waals surface area contributed by atoms with Crippen molar-refractivity contribution < 1.29 is 4.79 Å². The number of nitrogens with zero attached hydrogens (tertiary/aromatic N) is 5. The first-order chi connectivity index (χ1) is 9.19. The number of hydrogen-bond donors (Lipinski definition) is 2. The maximum atomic E-state index is 11.8. The van der Waals surface area contributed by atoms with Crippen molar-refractivity contribution >= 4 is 22.4 Å². The monoisotopic (exact) mass is 281 g/mol. The average Bonchev–Trinajstić information content (AvgIpc) is 3.02. The van der Waals surface area contributed by atoms with Gasteiger partial charge in [-0.15, -0.1) is 10.2 Å². The van der Waals surface area contributed by atoms with Gasteiger partial charge in [-0.3, -0.25) is 9.48 Å². The number of nitrogens with one attached hydrogen (secondary N) is 2. The number of carbonyl (C=O) groups excluding carboxylic acids is 1. The second-order valence-corrected chi connectivity index (χ2v) is 4.83. The molecule has 0 fully saturated rings. The van der Waals surface area contributed by atoms with E-state index in [1.807, 2.05) is 0 Å². The van der Waals surface area contributed by atoms with Gasteiger partial charge in [0.2, 0.25) is 10.1 Å². The van der Waals surface area contributed by atoms with Gasteiger partial charge in [0.15, 0.2) is 5.82 Å². The lowest BCUT2D eigenvalue weighted by Gasteiger charge is -1.98. The second kappa shape index (κ2) is 6.23. The topological polar surface area (TPSA) is 97.6 Å². The molecule has 2 rings (SSSR count). The Hall–Kier alpha value is -2.03. The van der Waals surface area contributed by atoms with E-state index in [1.54, 1.807) is 18.1 Å². The summed E-state index contributed by atoms with van der Waals surface area (Å²) < 4.78 is 1.58. The Kier molecular flexibility index (Phi) is 4.39. The molecule has 0 saturated heterocycles. The van der Waals surface area contributed by atoms with Gasteiger partial charge in [0.05, 0.1) is 6.54 Å². The van der Waals surface area contributed by atoms with Crippen LogP contribution in [0, 0.1) is 0 Å². The molecule has 0 atom stereocenters. The first-order valence-corrected chi connectivity index (χ1v) is 6.70. The van der Waals surface area contributed by atoms with Crippen LogP contribution in [0.3, 0.4) is 0 Å². The zero-order valence-corrected chi connectivity index (χ0v) is 11.6. The summed E-state index contributed by atoms with van der Waals surface area (Å²) in [4.78, 5) is 15.8. The molecule has 1 amide bonds. The maximum absolute atomic E-state index is 11.8. The fourth-order valence-electron chi connectivity index (χ4n) is 1.32. The van der Waals surface area contributed by atoms with Crippen LogP contribution in [0.4, 0.5) is 5.13 Å². The van der Waals surface area contributed by atoms with Crippen LogP contribution in [0.25, 0.3) is 0 Å². The normalized spacial score (nSPS) is 10.4. The third-order valence-corrected chi connectivity index (χ3v) is 3.08. The van der Waals surface area contributed by atoms with E-state index in [9.17, 15) is 4.79 Å². The van der Waals surface area contributed by atoms with Crippen LogP contribution in [0.15, 0.2) is 6.33 Å². The molecule has 8 nitrogen and oxygen atoms in total. The van der Waals surface area contributed by atoms with E-state index in [-0.39, 0.29) is 12.5 Å². The molecule has 0 aliphatic heterocycles. The largest absolute Gasteiger partial charge is 0.360 e. The number of hydrogen-bond acceptors (Lipinski definition) is 7. The van der Waals surface area contributed by atoms with Crippen molar-refractivity contribution in [1.29, 1.82) is 0 Å². The molecule has 102 valence electrons. The van der Waals surface area contributed by atoms with E-state index in [1.165, 1.54) is 11.3 Å². The second-order valence-electron chi connectivity index (χ2n) is 3.86.